The molecule has 0 aliphatic heterocycles. The zero-order valence-electron chi connectivity index (χ0n) is 6.52. The number of nitro groups is 1. The van der Waals surface area contributed by atoms with Crippen LogP contribution in [-0.2, 0) is 6.42 Å². The normalized spacial score (nSPS) is 12.8. The molecule has 1 aromatic rings. The Morgan fingerprint density at radius 2 is 2.58 bits per heavy atom. The highest BCUT2D eigenvalue weighted by Crippen LogP contribution is 2.15. The van der Waals surface area contributed by atoms with E-state index in [4.69, 9.17) is 5.11 Å². The summed E-state index contributed by atoms with van der Waals surface area (Å²) in [5.74, 6) is -0.143. The monoisotopic (exact) mass is 171 g/mol. The first-order valence-corrected chi connectivity index (χ1v) is 3.46. The quantitative estimate of drug-likeness (QED) is 0.503. The summed E-state index contributed by atoms with van der Waals surface area (Å²) in [6, 6.07) is 0. The van der Waals surface area contributed by atoms with Crippen molar-refractivity contribution in [2.24, 2.45) is 0 Å². The fourth-order valence-electron chi connectivity index (χ4n) is 0.930. The molecule has 1 aromatic heterocycles. The van der Waals surface area contributed by atoms with Gasteiger partial charge in [-0.2, -0.15) is 0 Å². The highest BCUT2D eigenvalue weighted by molar-refractivity contribution is 5.29. The number of aromatic amines is 1. The number of aromatic nitrogens is 2. The van der Waals surface area contributed by atoms with E-state index in [1.54, 1.807) is 6.92 Å². The lowest BCUT2D eigenvalue weighted by molar-refractivity contribution is -0.390. The van der Waals surface area contributed by atoms with Gasteiger partial charge in [-0.15, -0.1) is 5.10 Å². The standard InChI is InChI=1S/C6H9N3O3/c1-4(10)2-5-3-7-8-6(5)9(11)12/h3-4,10H,2H2,1H3,(H,7,8). The van der Waals surface area contributed by atoms with Crippen LogP contribution >= 0.6 is 0 Å². The molecule has 12 heavy (non-hydrogen) atoms. The van der Waals surface area contributed by atoms with Crippen LogP contribution < -0.4 is 0 Å². The first-order chi connectivity index (χ1) is 5.61. The molecule has 0 amide bonds. The number of nitrogens with zero attached hydrogens (tertiary/aromatic N) is 2. The van der Waals surface area contributed by atoms with Crippen LogP contribution in [0.3, 0.4) is 0 Å². The summed E-state index contributed by atoms with van der Waals surface area (Å²) in [5.41, 5.74) is 0.426. The van der Waals surface area contributed by atoms with Gasteiger partial charge < -0.3 is 15.2 Å². The summed E-state index contributed by atoms with van der Waals surface area (Å²) in [7, 11) is 0. The zero-order chi connectivity index (χ0) is 9.14. The van der Waals surface area contributed by atoms with Gasteiger partial charge in [-0.3, -0.25) is 0 Å². The highest BCUT2D eigenvalue weighted by atomic mass is 16.6. The first-order valence-electron chi connectivity index (χ1n) is 3.46. The molecule has 0 fully saturated rings. The molecule has 0 saturated heterocycles. The number of aliphatic hydroxyl groups is 1. The molecule has 1 atom stereocenters. The predicted octanol–water partition coefficient (Wildman–Crippen LogP) is 0.241. The van der Waals surface area contributed by atoms with Crippen LogP contribution in [0.5, 0.6) is 0 Å². The Kier molecular flexibility index (Phi) is 2.39. The smallest absolute Gasteiger partial charge is 0.345 e. The number of hydrogen-bond acceptors (Lipinski definition) is 4. The third-order valence-electron chi connectivity index (χ3n) is 1.39. The van der Waals surface area contributed by atoms with Crippen molar-refractivity contribution in [2.75, 3.05) is 0 Å². The van der Waals surface area contributed by atoms with Gasteiger partial charge in [0.1, 0.15) is 0 Å². The van der Waals surface area contributed by atoms with Crippen molar-refractivity contribution in [1.82, 2.24) is 10.2 Å². The van der Waals surface area contributed by atoms with E-state index in [0.717, 1.165) is 0 Å². The molecule has 0 spiro atoms. The number of H-pyrrole nitrogens is 1. The van der Waals surface area contributed by atoms with E-state index in [-0.39, 0.29) is 12.2 Å². The van der Waals surface area contributed by atoms with Gasteiger partial charge in [-0.25, -0.2) is 0 Å². The van der Waals surface area contributed by atoms with E-state index in [2.05, 4.69) is 10.2 Å². The van der Waals surface area contributed by atoms with Crippen LogP contribution in [0.1, 0.15) is 12.5 Å². The lowest BCUT2D eigenvalue weighted by Gasteiger charge is -1.99. The summed E-state index contributed by atoms with van der Waals surface area (Å²) in [6.07, 6.45) is 0.999. The van der Waals surface area contributed by atoms with E-state index in [9.17, 15) is 10.1 Å². The van der Waals surface area contributed by atoms with Crippen molar-refractivity contribution in [2.45, 2.75) is 19.4 Å². The minimum absolute atomic E-state index is 0.143. The molecule has 0 saturated carbocycles. The van der Waals surface area contributed by atoms with E-state index in [0.29, 0.717) is 5.56 Å². The molecule has 0 aromatic carbocycles. The Hall–Kier alpha value is -1.43. The second-order valence-electron chi connectivity index (χ2n) is 2.55. The van der Waals surface area contributed by atoms with E-state index in [1.807, 2.05) is 0 Å². The molecule has 1 rings (SSSR count). The Morgan fingerprint density at radius 3 is 3.08 bits per heavy atom. The van der Waals surface area contributed by atoms with Crippen molar-refractivity contribution >= 4 is 5.82 Å². The van der Waals surface area contributed by atoms with Gasteiger partial charge >= 0.3 is 5.82 Å². The van der Waals surface area contributed by atoms with Crippen molar-refractivity contribution in [3.05, 3.63) is 21.9 Å². The number of rotatable bonds is 3. The summed E-state index contributed by atoms with van der Waals surface area (Å²) in [4.78, 5) is 9.77. The third-order valence-corrected chi connectivity index (χ3v) is 1.39. The van der Waals surface area contributed by atoms with Gasteiger partial charge in [0, 0.05) is 6.42 Å². The summed E-state index contributed by atoms with van der Waals surface area (Å²) in [5, 5.41) is 25.1. The fourth-order valence-corrected chi connectivity index (χ4v) is 0.930. The van der Waals surface area contributed by atoms with Crippen LogP contribution in [0.4, 0.5) is 5.82 Å². The minimum atomic E-state index is -0.596. The van der Waals surface area contributed by atoms with Gasteiger partial charge in [0.15, 0.2) is 0 Å². The molecular formula is C6H9N3O3. The largest absolute Gasteiger partial charge is 0.393 e. The number of aliphatic hydroxyl groups excluding tert-OH is 1. The Labute approximate surface area is 68.4 Å². The highest BCUT2D eigenvalue weighted by Gasteiger charge is 2.15. The van der Waals surface area contributed by atoms with Gasteiger partial charge in [-0.1, -0.05) is 5.10 Å². The molecule has 0 aliphatic rings. The van der Waals surface area contributed by atoms with Crippen molar-refractivity contribution in [3.63, 3.8) is 0 Å². The molecule has 1 heterocycles. The SMILES string of the molecule is CC(O)Cc1cn[nH]c1[N+](=O)[O-]. The second-order valence-corrected chi connectivity index (χ2v) is 2.55. The summed E-state index contributed by atoms with van der Waals surface area (Å²) in [6.45, 7) is 1.57. The number of nitrogens with one attached hydrogen (secondary N) is 1. The average molecular weight is 171 g/mol. The average Bonchev–Trinajstić information content (AvgIpc) is 2.33. The van der Waals surface area contributed by atoms with Gasteiger partial charge in [0.2, 0.25) is 0 Å². The van der Waals surface area contributed by atoms with Crippen molar-refractivity contribution < 1.29 is 10.0 Å². The van der Waals surface area contributed by atoms with Crippen LogP contribution in [-0.4, -0.2) is 26.3 Å². The Morgan fingerprint density at radius 1 is 1.92 bits per heavy atom. The van der Waals surface area contributed by atoms with Gasteiger partial charge in [0.05, 0.1) is 17.9 Å². The summed E-state index contributed by atoms with van der Waals surface area (Å²) >= 11 is 0. The fraction of sp³-hybridized carbons (Fsp3) is 0.500. The van der Waals surface area contributed by atoms with Gasteiger partial charge in [-0.05, 0) is 11.8 Å². The maximum Gasteiger partial charge on any atom is 0.345 e. The van der Waals surface area contributed by atoms with E-state index in [1.165, 1.54) is 6.20 Å². The maximum absolute atomic E-state index is 10.3. The molecule has 1 unspecified atom stereocenters. The summed E-state index contributed by atoms with van der Waals surface area (Å²) < 4.78 is 0. The molecule has 66 valence electrons. The van der Waals surface area contributed by atoms with Gasteiger partial charge in [0.25, 0.3) is 0 Å². The second kappa shape index (κ2) is 3.31. The van der Waals surface area contributed by atoms with E-state index < -0.39 is 11.0 Å². The first kappa shape index (κ1) is 8.66. The molecule has 6 nitrogen and oxygen atoms in total. The van der Waals surface area contributed by atoms with Crippen LogP contribution in [0.25, 0.3) is 0 Å². The molecule has 2 N–H and O–H groups in total. The maximum atomic E-state index is 10.3. The van der Waals surface area contributed by atoms with Crippen LogP contribution in [0.15, 0.2) is 6.20 Å². The Balaban J connectivity index is 2.84. The van der Waals surface area contributed by atoms with Crippen molar-refractivity contribution in [1.29, 1.82) is 0 Å². The molecule has 0 bridgehead atoms. The molecule has 0 aliphatic carbocycles. The molecule has 6 heteroatoms. The zero-order valence-corrected chi connectivity index (χ0v) is 6.52. The minimum Gasteiger partial charge on any atom is -0.393 e. The van der Waals surface area contributed by atoms with Crippen molar-refractivity contribution in [3.8, 4) is 0 Å². The molecular weight excluding hydrogens is 162 g/mol. The molecule has 0 radical (unpaired) electrons. The van der Waals surface area contributed by atoms with Crippen LogP contribution in [0.2, 0.25) is 0 Å². The third kappa shape index (κ3) is 1.79. The predicted molar refractivity (Wildman–Crippen MR) is 40.6 cm³/mol. The van der Waals surface area contributed by atoms with E-state index >= 15 is 0 Å². The van der Waals surface area contributed by atoms with Crippen LogP contribution in [0, 0.1) is 10.1 Å². The topological polar surface area (TPSA) is 92.1 Å². The lowest BCUT2D eigenvalue weighted by atomic mass is 10.2. The lowest BCUT2D eigenvalue weighted by Crippen LogP contribution is -2.05. The Bertz CT molecular complexity index is 281. The number of hydrogen-bond donors (Lipinski definition) is 2.